The molecule has 5 rings (SSSR count). The fourth-order valence-electron chi connectivity index (χ4n) is 5.01. The number of carbonyl (C=O) groups excluding carboxylic acids is 1. The maximum absolute atomic E-state index is 12.7. The summed E-state index contributed by atoms with van der Waals surface area (Å²) in [5.41, 5.74) is 5.10. The highest BCUT2D eigenvalue weighted by atomic mass is 16.5. The van der Waals surface area contributed by atoms with Gasteiger partial charge in [-0.15, -0.1) is 0 Å². The summed E-state index contributed by atoms with van der Waals surface area (Å²) in [6.07, 6.45) is 2.46. The molecule has 0 fully saturated rings. The number of rotatable bonds is 11. The van der Waals surface area contributed by atoms with E-state index in [0.717, 1.165) is 33.6 Å². The van der Waals surface area contributed by atoms with Crippen molar-refractivity contribution in [3.05, 3.63) is 131 Å². The number of ether oxygens (including phenoxy) is 4. The van der Waals surface area contributed by atoms with E-state index in [2.05, 4.69) is 35.6 Å². The molecule has 210 valence electrons. The zero-order chi connectivity index (χ0) is 28.6. The first kappa shape index (κ1) is 27.8. The smallest absolute Gasteiger partial charge is 0.244 e. The van der Waals surface area contributed by atoms with Crippen molar-refractivity contribution in [2.24, 2.45) is 0 Å². The van der Waals surface area contributed by atoms with Crippen molar-refractivity contribution >= 4 is 5.91 Å². The highest BCUT2D eigenvalue weighted by Crippen LogP contribution is 2.42. The van der Waals surface area contributed by atoms with Gasteiger partial charge in [0.2, 0.25) is 5.91 Å². The predicted octanol–water partition coefficient (Wildman–Crippen LogP) is 6.48. The molecule has 0 saturated heterocycles. The van der Waals surface area contributed by atoms with E-state index in [4.69, 9.17) is 18.9 Å². The Kier molecular flexibility index (Phi) is 8.89. The van der Waals surface area contributed by atoms with E-state index in [9.17, 15) is 4.79 Å². The predicted molar refractivity (Wildman–Crippen MR) is 160 cm³/mol. The van der Waals surface area contributed by atoms with Crippen LogP contribution in [0.5, 0.6) is 23.0 Å². The summed E-state index contributed by atoms with van der Waals surface area (Å²) in [4.78, 5) is 12.7. The molecule has 0 aromatic heterocycles. The van der Waals surface area contributed by atoms with E-state index in [1.807, 2.05) is 73.7 Å². The maximum Gasteiger partial charge on any atom is 0.244 e. The third-order valence-corrected chi connectivity index (χ3v) is 7.20. The molecule has 0 spiro atoms. The second-order valence-electron chi connectivity index (χ2n) is 9.99. The Morgan fingerprint density at radius 3 is 2.22 bits per heavy atom. The molecule has 1 amide bonds. The standard InChI is InChI=1S/C35H35NO5/c1-24(21-33(37)36-20-19-25-17-18-29(38-2)32(22-25)39-3)31-23-28-15-10-16-30(35(28)41-31)40-34(26-11-6-4-7-12-26)27-13-8-5-9-14-27/h4-18,21-22,31,34H,19-20,23H2,1-3H3,(H,36,37)/b24-21+. The monoisotopic (exact) mass is 549 g/mol. The van der Waals surface area contributed by atoms with Crippen LogP contribution in [-0.2, 0) is 17.6 Å². The number of carbonyl (C=O) groups is 1. The molecule has 4 aromatic rings. The number of para-hydroxylation sites is 1. The van der Waals surface area contributed by atoms with Crippen LogP contribution in [0.15, 0.2) is 109 Å². The molecule has 1 N–H and O–H groups in total. The van der Waals surface area contributed by atoms with Gasteiger partial charge < -0.3 is 24.3 Å². The average molecular weight is 550 g/mol. The summed E-state index contributed by atoms with van der Waals surface area (Å²) in [5.74, 6) is 2.63. The van der Waals surface area contributed by atoms with E-state index < -0.39 is 0 Å². The molecule has 0 bridgehead atoms. The van der Waals surface area contributed by atoms with Gasteiger partial charge in [-0.2, -0.15) is 0 Å². The Morgan fingerprint density at radius 1 is 0.878 bits per heavy atom. The van der Waals surface area contributed by atoms with E-state index >= 15 is 0 Å². The van der Waals surface area contributed by atoms with Gasteiger partial charge in [0.15, 0.2) is 23.0 Å². The van der Waals surface area contributed by atoms with Crippen molar-refractivity contribution in [1.82, 2.24) is 5.32 Å². The van der Waals surface area contributed by atoms with Crippen LogP contribution < -0.4 is 24.3 Å². The molecular formula is C35H35NO5. The normalized spacial score (nSPS) is 14.2. The number of methoxy groups -OCH3 is 2. The number of nitrogens with one attached hydrogen (secondary N) is 1. The van der Waals surface area contributed by atoms with E-state index in [-0.39, 0.29) is 18.1 Å². The molecule has 0 saturated carbocycles. The molecule has 1 atom stereocenters. The molecule has 0 aliphatic carbocycles. The lowest BCUT2D eigenvalue weighted by Crippen LogP contribution is -2.25. The van der Waals surface area contributed by atoms with Crippen LogP contribution in [-0.4, -0.2) is 32.8 Å². The van der Waals surface area contributed by atoms with E-state index in [1.165, 1.54) is 0 Å². The fraction of sp³-hybridized carbons (Fsp3) is 0.229. The SMILES string of the molecule is COc1ccc(CCNC(=O)/C=C(\C)C2Cc3cccc(OC(c4ccccc4)c4ccccc4)c3O2)cc1OC. The second-order valence-corrected chi connectivity index (χ2v) is 9.99. The zero-order valence-corrected chi connectivity index (χ0v) is 23.6. The maximum atomic E-state index is 12.7. The van der Waals surface area contributed by atoms with Gasteiger partial charge >= 0.3 is 0 Å². The Balaban J connectivity index is 1.23. The number of hydrogen-bond acceptors (Lipinski definition) is 5. The van der Waals surface area contributed by atoms with Crippen LogP contribution in [0.3, 0.4) is 0 Å². The number of fused-ring (bicyclic) bond motifs is 1. The third-order valence-electron chi connectivity index (χ3n) is 7.20. The minimum Gasteiger partial charge on any atom is -0.493 e. The van der Waals surface area contributed by atoms with Crippen LogP contribution in [0.25, 0.3) is 0 Å². The van der Waals surface area contributed by atoms with E-state index in [0.29, 0.717) is 36.6 Å². The largest absolute Gasteiger partial charge is 0.493 e. The molecule has 6 nitrogen and oxygen atoms in total. The summed E-state index contributed by atoms with van der Waals surface area (Å²) in [7, 11) is 3.22. The molecule has 6 heteroatoms. The van der Waals surface area contributed by atoms with Gasteiger partial charge in [0.05, 0.1) is 14.2 Å². The summed E-state index contributed by atoms with van der Waals surface area (Å²) >= 11 is 0. The zero-order valence-electron chi connectivity index (χ0n) is 23.6. The summed E-state index contributed by atoms with van der Waals surface area (Å²) in [6, 6.07) is 32.1. The first-order valence-electron chi connectivity index (χ1n) is 13.8. The Labute approximate surface area is 241 Å². The Hall–Kier alpha value is -4.71. The van der Waals surface area contributed by atoms with Gasteiger partial charge in [-0.3, -0.25) is 4.79 Å². The summed E-state index contributed by atoms with van der Waals surface area (Å²) < 4.78 is 23.7. The quantitative estimate of drug-likeness (QED) is 0.217. The minimum absolute atomic E-state index is 0.146. The third kappa shape index (κ3) is 6.72. The molecule has 4 aromatic carbocycles. The van der Waals surface area contributed by atoms with Crippen LogP contribution in [0.1, 0.15) is 35.3 Å². The first-order valence-corrected chi connectivity index (χ1v) is 13.8. The van der Waals surface area contributed by atoms with Gasteiger partial charge in [-0.05, 0) is 53.8 Å². The van der Waals surface area contributed by atoms with Crippen molar-refractivity contribution in [2.75, 3.05) is 20.8 Å². The van der Waals surface area contributed by atoms with Crippen molar-refractivity contribution in [3.8, 4) is 23.0 Å². The van der Waals surface area contributed by atoms with Gasteiger partial charge in [-0.25, -0.2) is 0 Å². The minimum atomic E-state index is -0.278. The van der Waals surface area contributed by atoms with Crippen LogP contribution in [0.2, 0.25) is 0 Å². The molecule has 1 aliphatic heterocycles. The van der Waals surface area contributed by atoms with Gasteiger partial charge in [0.1, 0.15) is 12.2 Å². The molecule has 1 heterocycles. The van der Waals surface area contributed by atoms with E-state index in [1.54, 1.807) is 20.3 Å². The number of benzene rings is 4. The number of amides is 1. The first-order chi connectivity index (χ1) is 20.1. The Morgan fingerprint density at radius 2 is 1.56 bits per heavy atom. The summed E-state index contributed by atoms with van der Waals surface area (Å²) in [6.45, 7) is 2.43. The van der Waals surface area contributed by atoms with Crippen molar-refractivity contribution in [1.29, 1.82) is 0 Å². The fourth-order valence-corrected chi connectivity index (χ4v) is 5.01. The highest BCUT2D eigenvalue weighted by Gasteiger charge is 2.29. The lowest BCUT2D eigenvalue weighted by atomic mass is 10.0. The van der Waals surface area contributed by atoms with Crippen molar-refractivity contribution < 1.29 is 23.7 Å². The molecule has 1 aliphatic rings. The number of hydrogen-bond donors (Lipinski definition) is 1. The lowest BCUT2D eigenvalue weighted by molar-refractivity contribution is -0.116. The molecule has 41 heavy (non-hydrogen) atoms. The van der Waals surface area contributed by atoms with Crippen LogP contribution in [0.4, 0.5) is 0 Å². The topological polar surface area (TPSA) is 66.0 Å². The highest BCUT2D eigenvalue weighted by molar-refractivity contribution is 5.88. The van der Waals surface area contributed by atoms with Crippen LogP contribution in [0, 0.1) is 0 Å². The molecule has 0 radical (unpaired) electrons. The lowest BCUT2D eigenvalue weighted by Gasteiger charge is -2.22. The molecular weight excluding hydrogens is 514 g/mol. The second kappa shape index (κ2) is 13.1. The average Bonchev–Trinajstić information content (AvgIpc) is 3.46. The van der Waals surface area contributed by atoms with Gasteiger partial charge in [0.25, 0.3) is 0 Å². The Bertz CT molecular complexity index is 1460. The van der Waals surface area contributed by atoms with Crippen LogP contribution >= 0.6 is 0 Å². The molecule has 1 unspecified atom stereocenters. The van der Waals surface area contributed by atoms with Crippen molar-refractivity contribution in [2.45, 2.75) is 32.0 Å². The van der Waals surface area contributed by atoms with Gasteiger partial charge in [-0.1, -0.05) is 78.9 Å². The summed E-state index contributed by atoms with van der Waals surface area (Å²) in [5, 5.41) is 2.98. The van der Waals surface area contributed by atoms with Crippen molar-refractivity contribution in [3.63, 3.8) is 0 Å². The van der Waals surface area contributed by atoms with Gasteiger partial charge in [0, 0.05) is 24.6 Å².